The van der Waals surface area contributed by atoms with Gasteiger partial charge in [-0.1, -0.05) is 5.16 Å². The van der Waals surface area contributed by atoms with Gasteiger partial charge in [-0.3, -0.25) is 9.59 Å². The molecule has 1 atom stereocenters. The van der Waals surface area contributed by atoms with Gasteiger partial charge in [-0.05, 0) is 26.2 Å². The Hall–Kier alpha value is -1.69. The molecule has 1 aliphatic heterocycles. The van der Waals surface area contributed by atoms with Crippen LogP contribution >= 0.6 is 0 Å². The van der Waals surface area contributed by atoms with Crippen LogP contribution in [0.4, 0.5) is 0 Å². The Bertz CT molecular complexity index is 483. The second-order valence-electron chi connectivity index (χ2n) is 5.17. The Kier molecular flexibility index (Phi) is 4.89. The predicted molar refractivity (Wildman–Crippen MR) is 71.2 cm³/mol. The van der Waals surface area contributed by atoms with Gasteiger partial charge in [-0.15, -0.1) is 0 Å². The Morgan fingerprint density at radius 1 is 1.50 bits per heavy atom. The number of carbonyl (C=O) groups excluding carboxylic acids is 2. The van der Waals surface area contributed by atoms with Gasteiger partial charge in [0.25, 0.3) is 5.91 Å². The molecular weight excluding hydrogens is 260 g/mol. The van der Waals surface area contributed by atoms with Gasteiger partial charge in [0.05, 0.1) is 0 Å². The highest BCUT2D eigenvalue weighted by molar-refractivity contribution is 5.93. The maximum Gasteiger partial charge on any atom is 0.276 e. The smallest absolute Gasteiger partial charge is 0.276 e. The van der Waals surface area contributed by atoms with E-state index in [1.165, 1.54) is 0 Å². The Morgan fingerprint density at radius 3 is 3.00 bits per heavy atom. The Balaban J connectivity index is 2.09. The highest BCUT2D eigenvalue weighted by Crippen LogP contribution is 2.22. The molecule has 1 saturated heterocycles. The molecule has 0 spiro atoms. The largest absolute Gasteiger partial charge is 0.377 e. The van der Waals surface area contributed by atoms with Crippen LogP contribution in [0.1, 0.15) is 48.9 Å². The predicted octanol–water partition coefficient (Wildman–Crippen LogP) is 1.79. The van der Waals surface area contributed by atoms with E-state index in [-0.39, 0.29) is 30.0 Å². The minimum atomic E-state index is -0.165. The van der Waals surface area contributed by atoms with E-state index in [2.05, 4.69) is 5.16 Å². The molecule has 6 heteroatoms. The quantitative estimate of drug-likeness (QED) is 0.822. The lowest BCUT2D eigenvalue weighted by Gasteiger charge is -2.34. The number of hydrogen-bond donors (Lipinski definition) is 0. The van der Waals surface area contributed by atoms with E-state index in [1.807, 2.05) is 0 Å². The lowest BCUT2D eigenvalue weighted by Crippen LogP contribution is -2.44. The van der Waals surface area contributed by atoms with Crippen LogP contribution in [0.3, 0.4) is 0 Å². The summed E-state index contributed by atoms with van der Waals surface area (Å²) in [4.78, 5) is 25.5. The third-order valence-corrected chi connectivity index (χ3v) is 3.48. The van der Waals surface area contributed by atoms with E-state index in [4.69, 9.17) is 9.26 Å². The van der Waals surface area contributed by atoms with Crippen molar-refractivity contribution < 1.29 is 18.8 Å². The van der Waals surface area contributed by atoms with E-state index in [9.17, 15) is 9.59 Å². The first-order chi connectivity index (χ1) is 9.61. The maximum absolute atomic E-state index is 12.5. The summed E-state index contributed by atoms with van der Waals surface area (Å²) in [6, 6.07) is 1.59. The zero-order valence-electron chi connectivity index (χ0n) is 11.9. The molecule has 1 unspecified atom stereocenters. The first-order valence-corrected chi connectivity index (χ1v) is 6.86. The molecule has 20 heavy (non-hydrogen) atoms. The highest BCUT2D eigenvalue weighted by atomic mass is 16.5. The van der Waals surface area contributed by atoms with Crippen molar-refractivity contribution in [1.82, 2.24) is 10.1 Å². The third-order valence-electron chi connectivity index (χ3n) is 3.48. The summed E-state index contributed by atoms with van der Waals surface area (Å²) >= 11 is 0. The van der Waals surface area contributed by atoms with Gasteiger partial charge in [0.15, 0.2) is 11.5 Å². The molecule has 6 nitrogen and oxygen atoms in total. The van der Waals surface area contributed by atoms with Gasteiger partial charge in [-0.25, -0.2) is 0 Å². The van der Waals surface area contributed by atoms with Crippen molar-refractivity contribution in [3.05, 3.63) is 17.5 Å². The zero-order valence-corrected chi connectivity index (χ0v) is 11.9. The van der Waals surface area contributed by atoms with E-state index >= 15 is 0 Å². The molecule has 0 aromatic carbocycles. The summed E-state index contributed by atoms with van der Waals surface area (Å²) in [5.74, 6) is 0.466. The number of ether oxygens (including phenoxy) is 1. The molecule has 110 valence electrons. The minimum absolute atomic E-state index is 0.0173. The van der Waals surface area contributed by atoms with Crippen LogP contribution in [0.5, 0.6) is 0 Å². The van der Waals surface area contributed by atoms with Crippen LogP contribution in [0.15, 0.2) is 10.6 Å². The van der Waals surface area contributed by atoms with E-state index in [0.29, 0.717) is 18.7 Å². The van der Waals surface area contributed by atoms with Crippen LogP contribution in [-0.4, -0.2) is 41.4 Å². The van der Waals surface area contributed by atoms with Gasteiger partial charge in [0, 0.05) is 32.2 Å². The standard InChI is InChI=1S/C14H20N2O4/c1-10(17)7-11-5-3-4-6-16(11)14(18)13-8-12(9-19-2)20-15-13/h8,11H,3-7,9H2,1-2H3. The first kappa shape index (κ1) is 14.7. The molecule has 0 radical (unpaired) electrons. The molecule has 2 heterocycles. The molecule has 1 amide bonds. The average Bonchev–Trinajstić information content (AvgIpc) is 2.87. The van der Waals surface area contributed by atoms with Gasteiger partial charge in [0.2, 0.25) is 0 Å². The van der Waals surface area contributed by atoms with Crippen molar-refractivity contribution >= 4 is 11.7 Å². The van der Waals surface area contributed by atoms with Gasteiger partial charge in [-0.2, -0.15) is 0 Å². The fourth-order valence-electron chi connectivity index (χ4n) is 2.58. The van der Waals surface area contributed by atoms with E-state index in [1.54, 1.807) is 25.0 Å². The molecule has 0 N–H and O–H groups in total. The second-order valence-corrected chi connectivity index (χ2v) is 5.17. The van der Waals surface area contributed by atoms with Crippen molar-refractivity contribution in [1.29, 1.82) is 0 Å². The number of nitrogens with zero attached hydrogens (tertiary/aromatic N) is 2. The van der Waals surface area contributed by atoms with Crippen molar-refractivity contribution in [3.8, 4) is 0 Å². The first-order valence-electron chi connectivity index (χ1n) is 6.86. The van der Waals surface area contributed by atoms with Crippen molar-refractivity contribution in [3.63, 3.8) is 0 Å². The van der Waals surface area contributed by atoms with Crippen LogP contribution in [-0.2, 0) is 16.1 Å². The number of ketones is 1. The molecule has 0 bridgehead atoms. The normalized spacial score (nSPS) is 19.1. The summed E-state index contributed by atoms with van der Waals surface area (Å²) in [6.45, 7) is 2.52. The maximum atomic E-state index is 12.5. The molecule has 2 rings (SSSR count). The molecule has 0 aliphatic carbocycles. The van der Waals surface area contributed by atoms with Crippen molar-refractivity contribution in [2.24, 2.45) is 0 Å². The van der Waals surface area contributed by atoms with Crippen LogP contribution in [0.25, 0.3) is 0 Å². The number of likely N-dealkylation sites (tertiary alicyclic amines) is 1. The number of piperidine rings is 1. The number of aromatic nitrogens is 1. The number of rotatable bonds is 5. The molecule has 0 saturated carbocycles. The summed E-state index contributed by atoms with van der Waals surface area (Å²) in [5.41, 5.74) is 0.285. The van der Waals surface area contributed by atoms with Crippen molar-refractivity contribution in [2.45, 2.75) is 45.3 Å². The number of hydrogen-bond acceptors (Lipinski definition) is 5. The second kappa shape index (κ2) is 6.65. The molecule has 1 fully saturated rings. The van der Waals surface area contributed by atoms with Gasteiger partial charge < -0.3 is 14.2 Å². The van der Waals surface area contributed by atoms with E-state index in [0.717, 1.165) is 19.3 Å². The number of carbonyl (C=O) groups is 2. The fourth-order valence-corrected chi connectivity index (χ4v) is 2.58. The lowest BCUT2D eigenvalue weighted by molar-refractivity contribution is -0.118. The summed E-state index contributed by atoms with van der Waals surface area (Å²) in [5, 5.41) is 3.79. The highest BCUT2D eigenvalue weighted by Gasteiger charge is 2.29. The van der Waals surface area contributed by atoms with Gasteiger partial charge >= 0.3 is 0 Å². The monoisotopic (exact) mass is 280 g/mol. The van der Waals surface area contributed by atoms with Crippen LogP contribution in [0, 0.1) is 0 Å². The Labute approximate surface area is 118 Å². The average molecular weight is 280 g/mol. The molecular formula is C14H20N2O4. The number of Topliss-reactive ketones (excluding diaryl/α,β-unsaturated/α-hetero) is 1. The summed E-state index contributed by atoms with van der Waals surface area (Å²) in [6.07, 6.45) is 3.29. The minimum Gasteiger partial charge on any atom is -0.377 e. The molecule has 1 aromatic heterocycles. The third kappa shape index (κ3) is 3.45. The molecule has 1 aliphatic rings. The summed E-state index contributed by atoms with van der Waals surface area (Å²) in [7, 11) is 1.55. The zero-order chi connectivity index (χ0) is 14.5. The van der Waals surface area contributed by atoms with Crippen LogP contribution < -0.4 is 0 Å². The topological polar surface area (TPSA) is 72.6 Å². The molecule has 1 aromatic rings. The van der Waals surface area contributed by atoms with Gasteiger partial charge in [0.1, 0.15) is 12.4 Å². The number of methoxy groups -OCH3 is 1. The fraction of sp³-hybridized carbons (Fsp3) is 0.643. The lowest BCUT2D eigenvalue weighted by atomic mass is 9.97. The number of amides is 1. The Morgan fingerprint density at radius 2 is 2.30 bits per heavy atom. The van der Waals surface area contributed by atoms with Crippen LogP contribution in [0.2, 0.25) is 0 Å². The SMILES string of the molecule is COCc1cc(C(=O)N2CCCCC2CC(C)=O)no1. The van der Waals surface area contributed by atoms with Crippen molar-refractivity contribution in [2.75, 3.05) is 13.7 Å². The summed E-state index contributed by atoms with van der Waals surface area (Å²) < 4.78 is 9.98. The van der Waals surface area contributed by atoms with E-state index < -0.39 is 0 Å².